The fourth-order valence-electron chi connectivity index (χ4n) is 2.47. The van der Waals surface area contributed by atoms with E-state index < -0.39 is 11.7 Å². The smallest absolute Gasteiger partial charge is 0.416 e. The molecular formula is C19H21BrN4O4. The van der Waals surface area contributed by atoms with E-state index in [0.29, 0.717) is 21.7 Å². The maximum absolute atomic E-state index is 12.7. The predicted molar refractivity (Wildman–Crippen MR) is 108 cm³/mol. The van der Waals surface area contributed by atoms with Crippen molar-refractivity contribution in [2.24, 2.45) is 0 Å². The highest BCUT2D eigenvalue weighted by molar-refractivity contribution is 9.10. The molecule has 0 fully saturated rings. The van der Waals surface area contributed by atoms with Crippen molar-refractivity contribution in [1.82, 2.24) is 14.6 Å². The van der Waals surface area contributed by atoms with Crippen molar-refractivity contribution in [3.05, 3.63) is 47.1 Å². The lowest BCUT2D eigenvalue weighted by Crippen LogP contribution is -2.39. The second-order valence-corrected chi connectivity index (χ2v) is 7.81. The first kappa shape index (κ1) is 20.1. The lowest BCUT2D eigenvalue weighted by molar-refractivity contribution is 0.0571. The molecule has 0 atom stereocenters. The molecule has 0 unspecified atom stereocenters. The summed E-state index contributed by atoms with van der Waals surface area (Å²) < 4.78 is 13.5. The van der Waals surface area contributed by atoms with Crippen LogP contribution in [0.2, 0.25) is 0 Å². The van der Waals surface area contributed by atoms with Gasteiger partial charge < -0.3 is 14.6 Å². The van der Waals surface area contributed by atoms with Crippen molar-refractivity contribution >= 4 is 33.5 Å². The van der Waals surface area contributed by atoms with Crippen molar-refractivity contribution < 1.29 is 19.4 Å². The monoisotopic (exact) mass is 448 g/mol. The molecule has 0 radical (unpaired) electrons. The number of aromatic nitrogens is 3. The third-order valence-corrected chi connectivity index (χ3v) is 4.13. The van der Waals surface area contributed by atoms with Gasteiger partial charge in [0.2, 0.25) is 5.88 Å². The highest BCUT2D eigenvalue weighted by Crippen LogP contribution is 2.29. The molecule has 0 aliphatic heterocycles. The Morgan fingerprint density at radius 2 is 2.00 bits per heavy atom. The van der Waals surface area contributed by atoms with Gasteiger partial charge >= 0.3 is 6.09 Å². The van der Waals surface area contributed by atoms with Crippen LogP contribution in [0, 0.1) is 0 Å². The number of benzene rings is 1. The van der Waals surface area contributed by atoms with E-state index in [1.54, 1.807) is 45.2 Å². The van der Waals surface area contributed by atoms with Crippen LogP contribution in [0.4, 0.5) is 10.6 Å². The highest BCUT2D eigenvalue weighted by atomic mass is 79.9. The number of hydrogen-bond donors (Lipinski definition) is 1. The second kappa shape index (κ2) is 8.15. The van der Waals surface area contributed by atoms with Gasteiger partial charge in [0.05, 0.1) is 23.8 Å². The molecule has 28 heavy (non-hydrogen) atoms. The molecule has 0 saturated carbocycles. The standard InChI is InChI=1S/C19H21BrN4O4/c1-19(2,3)28-18(26)23(9-10-25)16-11-15(27-13-7-5-4-6-8-13)22-17-14(20)12-21-24(16)17/h4-8,11-12,25H,9-10H2,1-3H3. The summed E-state index contributed by atoms with van der Waals surface area (Å²) in [6.07, 6.45) is 0.969. The van der Waals surface area contributed by atoms with Crippen molar-refractivity contribution in [3.63, 3.8) is 0 Å². The van der Waals surface area contributed by atoms with Gasteiger partial charge in [-0.15, -0.1) is 0 Å². The topological polar surface area (TPSA) is 89.2 Å². The summed E-state index contributed by atoms with van der Waals surface area (Å²) in [4.78, 5) is 18.5. The summed E-state index contributed by atoms with van der Waals surface area (Å²) in [5.74, 6) is 1.25. The van der Waals surface area contributed by atoms with Gasteiger partial charge in [-0.05, 0) is 48.8 Å². The first-order chi connectivity index (χ1) is 13.3. The molecule has 3 aromatic rings. The number of nitrogens with zero attached hydrogens (tertiary/aromatic N) is 4. The summed E-state index contributed by atoms with van der Waals surface area (Å²) in [5.41, 5.74) is -0.222. The van der Waals surface area contributed by atoms with E-state index >= 15 is 0 Å². The van der Waals surface area contributed by atoms with Crippen LogP contribution in [0.15, 0.2) is 47.1 Å². The fourth-order valence-corrected chi connectivity index (χ4v) is 2.82. The molecule has 0 aliphatic rings. The molecule has 0 bridgehead atoms. The SMILES string of the molecule is CC(C)(C)OC(=O)N(CCO)c1cc(Oc2ccccc2)nc2c(Br)cnn12. The Balaban J connectivity index is 2.07. The number of fused-ring (bicyclic) bond motifs is 1. The molecule has 0 spiro atoms. The largest absolute Gasteiger partial charge is 0.443 e. The molecule has 3 rings (SSSR count). The normalized spacial score (nSPS) is 11.5. The third kappa shape index (κ3) is 4.60. The van der Waals surface area contributed by atoms with Gasteiger partial charge in [0.1, 0.15) is 17.2 Å². The number of rotatable bonds is 5. The number of aliphatic hydroxyl groups is 1. The van der Waals surface area contributed by atoms with Gasteiger partial charge in [0, 0.05) is 6.07 Å². The molecule has 2 aromatic heterocycles. The molecule has 1 N–H and O–H groups in total. The summed E-state index contributed by atoms with van der Waals surface area (Å²) in [6, 6.07) is 10.8. The van der Waals surface area contributed by atoms with Crippen molar-refractivity contribution in [1.29, 1.82) is 0 Å². The number of carbonyl (C=O) groups is 1. The van der Waals surface area contributed by atoms with Crippen LogP contribution in [0.5, 0.6) is 11.6 Å². The Morgan fingerprint density at radius 3 is 2.64 bits per heavy atom. The average Bonchev–Trinajstić information content (AvgIpc) is 3.00. The van der Waals surface area contributed by atoms with E-state index in [1.807, 2.05) is 18.2 Å². The zero-order chi connectivity index (χ0) is 20.3. The molecule has 0 aliphatic carbocycles. The number of ether oxygens (including phenoxy) is 2. The Labute approximate surface area is 170 Å². The number of amides is 1. The Bertz CT molecular complexity index is 969. The Hall–Kier alpha value is -2.65. The quantitative estimate of drug-likeness (QED) is 0.633. The zero-order valence-corrected chi connectivity index (χ0v) is 17.4. The van der Waals surface area contributed by atoms with Gasteiger partial charge in [0.15, 0.2) is 5.65 Å². The van der Waals surface area contributed by atoms with Crippen LogP contribution in [0.25, 0.3) is 5.65 Å². The van der Waals surface area contributed by atoms with Crippen LogP contribution in [-0.2, 0) is 4.74 Å². The van der Waals surface area contributed by atoms with Crippen molar-refractivity contribution in [2.75, 3.05) is 18.1 Å². The molecule has 148 valence electrons. The minimum atomic E-state index is -0.689. The van der Waals surface area contributed by atoms with Crippen LogP contribution in [-0.4, -0.2) is 44.6 Å². The molecule has 8 nitrogen and oxygen atoms in total. The van der Waals surface area contributed by atoms with Gasteiger partial charge in [-0.1, -0.05) is 18.2 Å². The van der Waals surface area contributed by atoms with Gasteiger partial charge in [-0.2, -0.15) is 14.6 Å². The van der Waals surface area contributed by atoms with Crippen LogP contribution >= 0.6 is 15.9 Å². The molecule has 0 saturated heterocycles. The minimum Gasteiger partial charge on any atom is -0.443 e. The third-order valence-electron chi connectivity index (χ3n) is 3.57. The average molecular weight is 449 g/mol. The van der Waals surface area contributed by atoms with Crippen LogP contribution in [0.3, 0.4) is 0 Å². The molecule has 1 aromatic carbocycles. The number of anilines is 1. The summed E-state index contributed by atoms with van der Waals surface area (Å²) in [6.45, 7) is 5.10. The van der Waals surface area contributed by atoms with Gasteiger partial charge in [-0.3, -0.25) is 4.90 Å². The van der Waals surface area contributed by atoms with Crippen molar-refractivity contribution in [3.8, 4) is 11.6 Å². The van der Waals surface area contributed by atoms with Gasteiger partial charge in [0.25, 0.3) is 0 Å². The molecule has 1 amide bonds. The summed E-state index contributed by atoms with van der Waals surface area (Å²) >= 11 is 3.41. The fraction of sp³-hybridized carbons (Fsp3) is 0.316. The number of aliphatic hydroxyl groups excluding tert-OH is 1. The molecule has 9 heteroatoms. The predicted octanol–water partition coefficient (Wildman–Crippen LogP) is 4.02. The minimum absolute atomic E-state index is 0.0241. The first-order valence-electron chi connectivity index (χ1n) is 8.67. The van der Waals surface area contributed by atoms with E-state index in [4.69, 9.17) is 9.47 Å². The van der Waals surface area contributed by atoms with E-state index in [9.17, 15) is 9.90 Å². The molecule has 2 heterocycles. The number of carbonyl (C=O) groups excluding carboxylic acids is 1. The maximum Gasteiger partial charge on any atom is 0.416 e. The first-order valence-corrected chi connectivity index (χ1v) is 9.46. The number of halogens is 1. The Kier molecular flexibility index (Phi) is 5.85. The zero-order valence-electron chi connectivity index (χ0n) is 15.8. The number of hydrogen-bond acceptors (Lipinski definition) is 6. The van der Waals surface area contributed by atoms with Gasteiger partial charge in [-0.25, -0.2) is 4.79 Å². The van der Waals surface area contributed by atoms with E-state index in [-0.39, 0.29) is 19.0 Å². The van der Waals surface area contributed by atoms with Crippen LogP contribution < -0.4 is 9.64 Å². The highest BCUT2D eigenvalue weighted by Gasteiger charge is 2.26. The lowest BCUT2D eigenvalue weighted by atomic mass is 10.2. The van der Waals surface area contributed by atoms with E-state index in [2.05, 4.69) is 26.0 Å². The van der Waals surface area contributed by atoms with Crippen LogP contribution in [0.1, 0.15) is 20.8 Å². The maximum atomic E-state index is 12.7. The molecular weight excluding hydrogens is 428 g/mol. The summed E-state index contributed by atoms with van der Waals surface area (Å²) in [5, 5.41) is 13.8. The number of para-hydroxylation sites is 1. The van der Waals surface area contributed by atoms with Crippen molar-refractivity contribution in [2.45, 2.75) is 26.4 Å². The van der Waals surface area contributed by atoms with E-state index in [1.165, 1.54) is 9.42 Å². The van der Waals surface area contributed by atoms with E-state index in [0.717, 1.165) is 0 Å². The summed E-state index contributed by atoms with van der Waals surface area (Å²) in [7, 11) is 0. The Morgan fingerprint density at radius 1 is 1.29 bits per heavy atom. The second-order valence-electron chi connectivity index (χ2n) is 6.95. The lowest BCUT2D eigenvalue weighted by Gasteiger charge is -2.27.